The summed E-state index contributed by atoms with van der Waals surface area (Å²) in [5, 5.41) is 7.14. The molecule has 0 aliphatic heterocycles. The number of hydrogen-bond donors (Lipinski definition) is 2. The van der Waals surface area contributed by atoms with Crippen LogP contribution in [0, 0.1) is 11.3 Å². The number of nitrogens with zero attached hydrogens (tertiary/aromatic N) is 2. The third-order valence-electron chi connectivity index (χ3n) is 3.62. The maximum atomic E-state index is 7.14. The molecule has 5 heteroatoms. The molecule has 1 aromatic heterocycles. The average molecular weight is 268 g/mol. The summed E-state index contributed by atoms with van der Waals surface area (Å²) in [4.78, 5) is 8.17. The van der Waals surface area contributed by atoms with Gasteiger partial charge in [-0.3, -0.25) is 5.41 Å². The molecular weight excluding hydrogens is 252 g/mol. The van der Waals surface area contributed by atoms with Gasteiger partial charge in [0.2, 0.25) is 0 Å². The molecule has 0 radical (unpaired) electrons. The van der Waals surface area contributed by atoms with Gasteiger partial charge in [-0.25, -0.2) is 9.97 Å². The van der Waals surface area contributed by atoms with Crippen LogP contribution in [0.25, 0.3) is 11.1 Å². The first-order valence-electron chi connectivity index (χ1n) is 6.57. The third-order valence-corrected chi connectivity index (χ3v) is 3.62. The SMILES string of the molecule is N=C(N)OC[C@@H]1Cc2cccc(-c3cncnc3)c2C1. The number of ether oxygens (including phenoxy) is 1. The van der Waals surface area contributed by atoms with Gasteiger partial charge in [0, 0.05) is 23.9 Å². The molecule has 1 aliphatic carbocycles. The first kappa shape index (κ1) is 12.6. The quantitative estimate of drug-likeness (QED) is 0.656. The molecule has 0 spiro atoms. The average Bonchev–Trinajstić information content (AvgIpc) is 2.89. The zero-order valence-corrected chi connectivity index (χ0v) is 11.0. The van der Waals surface area contributed by atoms with Gasteiger partial charge < -0.3 is 10.5 Å². The van der Waals surface area contributed by atoms with Crippen LogP contribution in [-0.4, -0.2) is 22.6 Å². The summed E-state index contributed by atoms with van der Waals surface area (Å²) in [6.07, 6.45) is 7.11. The zero-order chi connectivity index (χ0) is 13.9. The van der Waals surface area contributed by atoms with E-state index in [9.17, 15) is 0 Å². The summed E-state index contributed by atoms with van der Waals surface area (Å²) in [7, 11) is 0. The lowest BCUT2D eigenvalue weighted by Gasteiger charge is -2.10. The second-order valence-electron chi connectivity index (χ2n) is 5.02. The predicted octanol–water partition coefficient (Wildman–Crippen LogP) is 1.77. The summed E-state index contributed by atoms with van der Waals surface area (Å²) < 4.78 is 5.14. The first-order chi connectivity index (χ1) is 9.74. The van der Waals surface area contributed by atoms with Crippen LogP contribution in [0.3, 0.4) is 0 Å². The number of fused-ring (bicyclic) bond motifs is 1. The predicted molar refractivity (Wildman–Crippen MR) is 76.2 cm³/mol. The van der Waals surface area contributed by atoms with Crippen LogP contribution >= 0.6 is 0 Å². The minimum Gasteiger partial charge on any atom is -0.465 e. The number of benzene rings is 1. The fourth-order valence-electron chi connectivity index (χ4n) is 2.77. The molecule has 3 N–H and O–H groups in total. The van der Waals surface area contributed by atoms with E-state index in [0.717, 1.165) is 18.4 Å². The van der Waals surface area contributed by atoms with E-state index in [1.54, 1.807) is 0 Å². The van der Waals surface area contributed by atoms with Crippen molar-refractivity contribution in [1.82, 2.24) is 9.97 Å². The van der Waals surface area contributed by atoms with Crippen molar-refractivity contribution in [3.8, 4) is 11.1 Å². The molecule has 20 heavy (non-hydrogen) atoms. The standard InChI is InChI=1S/C15H16N4O/c16-15(17)20-8-10-4-11-2-1-3-13(14(11)5-10)12-6-18-9-19-7-12/h1-3,6-7,9-10H,4-5,8H2,(H3,16,17)/t10-/m1/s1. The summed E-state index contributed by atoms with van der Waals surface area (Å²) in [5.41, 5.74) is 10.1. The Morgan fingerprint density at radius 1 is 1.30 bits per heavy atom. The van der Waals surface area contributed by atoms with E-state index in [2.05, 4.69) is 28.2 Å². The normalized spacial score (nSPS) is 16.7. The highest BCUT2D eigenvalue weighted by Gasteiger charge is 2.24. The van der Waals surface area contributed by atoms with E-state index in [0.29, 0.717) is 12.5 Å². The molecule has 102 valence electrons. The maximum Gasteiger partial charge on any atom is 0.279 e. The molecule has 3 rings (SSSR count). The molecule has 0 fully saturated rings. The van der Waals surface area contributed by atoms with Crippen molar-refractivity contribution in [2.24, 2.45) is 11.7 Å². The van der Waals surface area contributed by atoms with Gasteiger partial charge in [0.25, 0.3) is 6.02 Å². The smallest absolute Gasteiger partial charge is 0.279 e. The second-order valence-corrected chi connectivity index (χ2v) is 5.02. The van der Waals surface area contributed by atoms with Crippen molar-refractivity contribution in [2.45, 2.75) is 12.8 Å². The van der Waals surface area contributed by atoms with Gasteiger partial charge in [0.1, 0.15) is 6.33 Å². The summed E-state index contributed by atoms with van der Waals surface area (Å²) in [6.45, 7) is 0.495. The largest absolute Gasteiger partial charge is 0.465 e. The maximum absolute atomic E-state index is 7.14. The van der Waals surface area contributed by atoms with Crippen LogP contribution in [0.4, 0.5) is 0 Å². The molecule has 2 aromatic rings. The summed E-state index contributed by atoms with van der Waals surface area (Å²) in [5.74, 6) is 0.375. The second kappa shape index (κ2) is 5.28. The number of rotatable bonds is 3. The van der Waals surface area contributed by atoms with E-state index in [4.69, 9.17) is 15.9 Å². The van der Waals surface area contributed by atoms with E-state index in [1.165, 1.54) is 23.0 Å². The van der Waals surface area contributed by atoms with Crippen molar-refractivity contribution in [2.75, 3.05) is 6.61 Å². The monoisotopic (exact) mass is 268 g/mol. The lowest BCUT2D eigenvalue weighted by Crippen LogP contribution is -2.19. The fourth-order valence-corrected chi connectivity index (χ4v) is 2.77. The highest BCUT2D eigenvalue weighted by atomic mass is 16.5. The van der Waals surface area contributed by atoms with Gasteiger partial charge in [-0.15, -0.1) is 0 Å². The molecule has 1 heterocycles. The Morgan fingerprint density at radius 2 is 2.10 bits per heavy atom. The number of nitrogens with one attached hydrogen (secondary N) is 1. The Bertz CT molecular complexity index is 627. The van der Waals surface area contributed by atoms with E-state index < -0.39 is 0 Å². The Kier molecular flexibility index (Phi) is 3.33. The highest BCUT2D eigenvalue weighted by molar-refractivity contribution is 5.69. The Hall–Kier alpha value is -2.43. The van der Waals surface area contributed by atoms with Gasteiger partial charge in [-0.05, 0) is 29.5 Å². The van der Waals surface area contributed by atoms with Gasteiger partial charge in [-0.2, -0.15) is 0 Å². The lowest BCUT2D eigenvalue weighted by atomic mass is 9.99. The van der Waals surface area contributed by atoms with Crippen molar-refractivity contribution >= 4 is 6.02 Å². The minimum atomic E-state index is -0.211. The van der Waals surface area contributed by atoms with Gasteiger partial charge in [-0.1, -0.05) is 18.2 Å². The number of hydrogen-bond acceptors (Lipinski definition) is 4. The Morgan fingerprint density at radius 3 is 2.85 bits per heavy atom. The van der Waals surface area contributed by atoms with Crippen molar-refractivity contribution in [1.29, 1.82) is 5.41 Å². The summed E-state index contributed by atoms with van der Waals surface area (Å²) >= 11 is 0. The lowest BCUT2D eigenvalue weighted by molar-refractivity contribution is 0.237. The Balaban J connectivity index is 1.85. The zero-order valence-electron chi connectivity index (χ0n) is 11.0. The molecule has 0 unspecified atom stereocenters. The van der Waals surface area contributed by atoms with Gasteiger partial charge in [0.15, 0.2) is 0 Å². The van der Waals surface area contributed by atoms with E-state index >= 15 is 0 Å². The fraction of sp³-hybridized carbons (Fsp3) is 0.267. The molecular formula is C15H16N4O. The number of amidine groups is 1. The van der Waals surface area contributed by atoms with Gasteiger partial charge in [0.05, 0.1) is 6.61 Å². The first-order valence-corrected chi connectivity index (χ1v) is 6.57. The molecule has 0 saturated carbocycles. The molecule has 1 atom stereocenters. The summed E-state index contributed by atoms with van der Waals surface area (Å²) in [6, 6.07) is 6.11. The van der Waals surface area contributed by atoms with Gasteiger partial charge >= 0.3 is 0 Å². The number of aromatic nitrogens is 2. The Labute approximate surface area is 117 Å². The number of nitrogens with two attached hydrogens (primary N) is 1. The molecule has 5 nitrogen and oxygen atoms in total. The van der Waals surface area contributed by atoms with Crippen LogP contribution in [-0.2, 0) is 17.6 Å². The molecule has 1 aliphatic rings. The molecule has 0 amide bonds. The van der Waals surface area contributed by atoms with E-state index in [-0.39, 0.29) is 6.02 Å². The topological polar surface area (TPSA) is 84.9 Å². The van der Waals surface area contributed by atoms with Crippen LogP contribution in [0.15, 0.2) is 36.9 Å². The van der Waals surface area contributed by atoms with Crippen LogP contribution in [0.1, 0.15) is 11.1 Å². The van der Waals surface area contributed by atoms with Crippen LogP contribution in [0.5, 0.6) is 0 Å². The van der Waals surface area contributed by atoms with Crippen LogP contribution < -0.4 is 5.73 Å². The van der Waals surface area contributed by atoms with Crippen molar-refractivity contribution in [3.63, 3.8) is 0 Å². The molecule has 0 bridgehead atoms. The molecule has 1 aromatic carbocycles. The minimum absolute atomic E-state index is 0.211. The third kappa shape index (κ3) is 2.47. The van der Waals surface area contributed by atoms with Crippen LogP contribution in [0.2, 0.25) is 0 Å². The highest BCUT2D eigenvalue weighted by Crippen LogP contribution is 2.34. The van der Waals surface area contributed by atoms with Crippen molar-refractivity contribution in [3.05, 3.63) is 48.0 Å². The van der Waals surface area contributed by atoms with E-state index in [1.807, 2.05) is 12.4 Å². The molecule has 0 saturated heterocycles. The van der Waals surface area contributed by atoms with Crippen molar-refractivity contribution < 1.29 is 4.74 Å².